The highest BCUT2D eigenvalue weighted by atomic mass is 16.5. The van der Waals surface area contributed by atoms with E-state index in [9.17, 15) is 4.79 Å². The van der Waals surface area contributed by atoms with Crippen molar-refractivity contribution in [2.75, 3.05) is 6.61 Å². The lowest BCUT2D eigenvalue weighted by molar-refractivity contribution is -0.152. The molecular weight excluding hydrogens is 192 g/mol. The van der Waals surface area contributed by atoms with Crippen molar-refractivity contribution in [2.24, 2.45) is 11.8 Å². The Balaban J connectivity index is 2.02. The molecule has 0 radical (unpaired) electrons. The van der Waals surface area contributed by atoms with Crippen LogP contribution in [0.3, 0.4) is 0 Å². The van der Waals surface area contributed by atoms with Gasteiger partial charge < -0.3 is 9.47 Å². The topological polar surface area (TPSA) is 35.5 Å². The van der Waals surface area contributed by atoms with Gasteiger partial charge in [0, 0.05) is 5.92 Å². The summed E-state index contributed by atoms with van der Waals surface area (Å²) in [6.45, 7) is 4.45. The van der Waals surface area contributed by atoms with Crippen molar-refractivity contribution in [3.05, 3.63) is 0 Å². The molecule has 1 heterocycles. The summed E-state index contributed by atoms with van der Waals surface area (Å²) >= 11 is 0. The van der Waals surface area contributed by atoms with Crippen LogP contribution in [0.4, 0.5) is 0 Å². The van der Waals surface area contributed by atoms with Gasteiger partial charge in [0.2, 0.25) is 0 Å². The predicted octanol–water partition coefficient (Wildman–Crippen LogP) is 2.14. The van der Waals surface area contributed by atoms with Gasteiger partial charge in [0.05, 0.1) is 24.7 Å². The van der Waals surface area contributed by atoms with Crippen LogP contribution in [0.25, 0.3) is 0 Å². The van der Waals surface area contributed by atoms with Crippen molar-refractivity contribution in [2.45, 2.75) is 51.7 Å². The highest BCUT2D eigenvalue weighted by Gasteiger charge is 2.44. The molecule has 0 unspecified atom stereocenters. The number of ether oxygens (including phenoxy) is 2. The van der Waals surface area contributed by atoms with Crippen LogP contribution in [0.15, 0.2) is 0 Å². The third kappa shape index (κ3) is 2.17. The third-order valence-electron chi connectivity index (χ3n) is 3.60. The van der Waals surface area contributed by atoms with E-state index in [0.29, 0.717) is 24.7 Å². The molecular formula is C12H20O3. The molecule has 4 atom stereocenters. The van der Waals surface area contributed by atoms with Gasteiger partial charge in [-0.15, -0.1) is 0 Å². The molecule has 1 aliphatic heterocycles. The molecule has 3 heteroatoms. The van der Waals surface area contributed by atoms with E-state index >= 15 is 0 Å². The summed E-state index contributed by atoms with van der Waals surface area (Å²) < 4.78 is 10.9. The van der Waals surface area contributed by atoms with Crippen LogP contribution >= 0.6 is 0 Å². The number of fused-ring (bicyclic) bond motifs is 1. The van der Waals surface area contributed by atoms with Crippen molar-refractivity contribution in [1.82, 2.24) is 0 Å². The molecule has 0 amide bonds. The molecule has 0 aromatic carbocycles. The Hall–Kier alpha value is -0.570. The quantitative estimate of drug-likeness (QED) is 0.658. The third-order valence-corrected chi connectivity index (χ3v) is 3.60. The predicted molar refractivity (Wildman–Crippen MR) is 56.4 cm³/mol. The van der Waals surface area contributed by atoms with Crippen molar-refractivity contribution in [3.8, 4) is 0 Å². The molecule has 0 N–H and O–H groups in total. The Labute approximate surface area is 91.1 Å². The first-order chi connectivity index (χ1) is 7.22. The summed E-state index contributed by atoms with van der Waals surface area (Å²) in [7, 11) is 0. The lowest BCUT2D eigenvalue weighted by atomic mass is 9.76. The molecule has 3 nitrogen and oxygen atoms in total. The maximum atomic E-state index is 11.8. The van der Waals surface area contributed by atoms with Gasteiger partial charge in [0.25, 0.3) is 0 Å². The highest BCUT2D eigenvalue weighted by Crippen LogP contribution is 2.41. The number of carbonyl (C=O) groups excluding carboxylic acids is 1. The van der Waals surface area contributed by atoms with Crippen molar-refractivity contribution < 1.29 is 14.3 Å². The van der Waals surface area contributed by atoms with Crippen LogP contribution in [-0.2, 0) is 14.3 Å². The second-order valence-corrected chi connectivity index (χ2v) is 4.67. The zero-order chi connectivity index (χ0) is 10.8. The molecule has 1 saturated heterocycles. The van der Waals surface area contributed by atoms with Gasteiger partial charge in [-0.05, 0) is 39.5 Å². The van der Waals surface area contributed by atoms with Crippen LogP contribution in [-0.4, -0.2) is 24.8 Å². The average Bonchev–Trinajstić information content (AvgIpc) is 2.57. The molecule has 15 heavy (non-hydrogen) atoms. The number of rotatable bonds is 2. The summed E-state index contributed by atoms with van der Waals surface area (Å²) in [5.74, 6) is 0.492. The van der Waals surface area contributed by atoms with Crippen LogP contribution < -0.4 is 0 Å². The Morgan fingerprint density at radius 2 is 2.27 bits per heavy atom. The van der Waals surface area contributed by atoms with E-state index < -0.39 is 0 Å². The number of carbonyl (C=O) groups is 1. The molecule has 2 fully saturated rings. The molecule has 2 aliphatic rings. The van der Waals surface area contributed by atoms with Gasteiger partial charge in [-0.3, -0.25) is 4.79 Å². The standard InChI is InChI=1S/C12H20O3/c1-3-14-12(13)9-5-4-6-11-10(9)7-8(2)15-11/h8-11H,3-7H2,1-2H3/t8-,9+,10+,11-/m0/s1. The fourth-order valence-corrected chi connectivity index (χ4v) is 2.99. The SMILES string of the molecule is CCOC(=O)[C@@H]1CCC[C@@H]2O[C@@H](C)C[C@@H]21. The Kier molecular flexibility index (Phi) is 3.29. The molecule has 1 aliphatic carbocycles. The zero-order valence-electron chi connectivity index (χ0n) is 9.57. The first kappa shape index (κ1) is 10.9. The minimum absolute atomic E-state index is 0.00935. The fraction of sp³-hybridized carbons (Fsp3) is 0.917. The van der Waals surface area contributed by atoms with E-state index in [4.69, 9.17) is 9.47 Å². The number of hydrogen-bond donors (Lipinski definition) is 0. The zero-order valence-corrected chi connectivity index (χ0v) is 9.57. The van der Waals surface area contributed by atoms with E-state index in [1.165, 1.54) is 0 Å². The summed E-state index contributed by atoms with van der Waals surface area (Å²) in [4.78, 5) is 11.8. The summed E-state index contributed by atoms with van der Waals surface area (Å²) in [5, 5.41) is 0. The highest BCUT2D eigenvalue weighted by molar-refractivity contribution is 5.73. The molecule has 0 aromatic heterocycles. The Morgan fingerprint density at radius 1 is 1.47 bits per heavy atom. The second-order valence-electron chi connectivity index (χ2n) is 4.67. The number of hydrogen-bond acceptors (Lipinski definition) is 3. The van der Waals surface area contributed by atoms with Crippen LogP contribution in [0.2, 0.25) is 0 Å². The fourth-order valence-electron chi connectivity index (χ4n) is 2.99. The minimum Gasteiger partial charge on any atom is -0.466 e. The minimum atomic E-state index is -0.00935. The van der Waals surface area contributed by atoms with E-state index in [1.807, 2.05) is 6.92 Å². The van der Waals surface area contributed by atoms with E-state index in [-0.39, 0.29) is 11.9 Å². The van der Waals surface area contributed by atoms with Gasteiger partial charge in [-0.25, -0.2) is 0 Å². The second kappa shape index (κ2) is 4.52. The molecule has 0 bridgehead atoms. The summed E-state index contributed by atoms with van der Waals surface area (Å²) in [6, 6.07) is 0. The molecule has 1 saturated carbocycles. The van der Waals surface area contributed by atoms with Gasteiger partial charge in [-0.1, -0.05) is 0 Å². The number of esters is 1. The normalized spacial score (nSPS) is 39.9. The summed E-state index contributed by atoms with van der Waals surface area (Å²) in [6.07, 6.45) is 4.84. The van der Waals surface area contributed by atoms with Gasteiger partial charge in [0.1, 0.15) is 0 Å². The molecule has 0 aromatic rings. The first-order valence-electron chi connectivity index (χ1n) is 6.04. The van der Waals surface area contributed by atoms with Crippen molar-refractivity contribution in [1.29, 1.82) is 0 Å². The Morgan fingerprint density at radius 3 is 3.00 bits per heavy atom. The molecule has 2 rings (SSSR count). The molecule has 0 spiro atoms. The maximum absolute atomic E-state index is 11.8. The first-order valence-corrected chi connectivity index (χ1v) is 6.04. The van der Waals surface area contributed by atoms with E-state index in [0.717, 1.165) is 25.7 Å². The average molecular weight is 212 g/mol. The maximum Gasteiger partial charge on any atom is 0.309 e. The largest absolute Gasteiger partial charge is 0.466 e. The van der Waals surface area contributed by atoms with Gasteiger partial charge >= 0.3 is 5.97 Å². The lowest BCUT2D eigenvalue weighted by Crippen LogP contribution is -2.35. The van der Waals surface area contributed by atoms with Crippen LogP contribution in [0.5, 0.6) is 0 Å². The van der Waals surface area contributed by atoms with E-state index in [2.05, 4.69) is 6.92 Å². The monoisotopic (exact) mass is 212 g/mol. The van der Waals surface area contributed by atoms with Crippen LogP contribution in [0, 0.1) is 11.8 Å². The van der Waals surface area contributed by atoms with E-state index in [1.54, 1.807) is 0 Å². The lowest BCUT2D eigenvalue weighted by Gasteiger charge is -2.30. The van der Waals surface area contributed by atoms with Gasteiger partial charge in [-0.2, -0.15) is 0 Å². The van der Waals surface area contributed by atoms with Gasteiger partial charge in [0.15, 0.2) is 0 Å². The smallest absolute Gasteiger partial charge is 0.309 e. The van der Waals surface area contributed by atoms with Crippen molar-refractivity contribution in [3.63, 3.8) is 0 Å². The molecule has 86 valence electrons. The Bertz CT molecular complexity index is 239. The van der Waals surface area contributed by atoms with Crippen molar-refractivity contribution >= 4 is 5.97 Å². The van der Waals surface area contributed by atoms with Crippen LogP contribution in [0.1, 0.15) is 39.5 Å². The summed E-state index contributed by atoms with van der Waals surface area (Å²) in [5.41, 5.74) is 0.